The number of anilines is 1. The maximum atomic E-state index is 13.9. The average Bonchev–Trinajstić information content (AvgIpc) is 2.90. The second-order valence-electron chi connectivity index (χ2n) is 8.92. The van der Waals surface area contributed by atoms with Gasteiger partial charge in [-0.05, 0) is 74.4 Å². The summed E-state index contributed by atoms with van der Waals surface area (Å²) in [5, 5.41) is 3.01. The minimum Gasteiger partial charge on any atom is -0.497 e. The molecule has 0 fully saturated rings. The van der Waals surface area contributed by atoms with Crippen LogP contribution in [0.5, 0.6) is 5.75 Å². The lowest BCUT2D eigenvalue weighted by atomic mass is 10.1. The Morgan fingerprint density at radius 3 is 2.32 bits per heavy atom. The molecule has 202 valence electrons. The molecule has 38 heavy (non-hydrogen) atoms. The number of hydrogen-bond acceptors (Lipinski definition) is 5. The Kier molecular flexibility index (Phi) is 9.40. The first-order valence-electron chi connectivity index (χ1n) is 12.0. The molecule has 0 unspecified atom stereocenters. The van der Waals surface area contributed by atoms with Crippen LogP contribution in [0.1, 0.15) is 23.6 Å². The standard InChI is InChI=1S/C28H32ClN3O5S/c1-19-9-12-25(13-10-19)38(35,36)32(26-14-11-23(29)15-20(26)2)18-27(33)31(21(3)28(34)30-4)17-22-7-6-8-24(16-22)37-5/h6-16,21H,17-18H2,1-5H3,(H,30,34)/t21-/m0/s1. The third kappa shape index (κ3) is 6.65. The molecule has 0 heterocycles. The summed E-state index contributed by atoms with van der Waals surface area (Å²) in [6.45, 7) is 4.73. The van der Waals surface area contributed by atoms with E-state index in [1.807, 2.05) is 13.0 Å². The Labute approximate surface area is 229 Å². The zero-order chi connectivity index (χ0) is 28.0. The molecule has 0 bridgehead atoms. The highest BCUT2D eigenvalue weighted by molar-refractivity contribution is 7.92. The van der Waals surface area contributed by atoms with E-state index in [-0.39, 0.29) is 17.3 Å². The number of benzene rings is 3. The number of nitrogens with one attached hydrogen (secondary N) is 1. The SMILES string of the molecule is CNC(=O)[C@H](C)N(Cc1cccc(OC)c1)C(=O)CN(c1ccc(Cl)cc1C)S(=O)(=O)c1ccc(C)cc1. The molecule has 2 amide bonds. The summed E-state index contributed by atoms with van der Waals surface area (Å²) in [5.41, 5.74) is 2.53. The molecule has 3 aromatic rings. The number of halogens is 1. The third-order valence-corrected chi connectivity index (χ3v) is 8.23. The number of methoxy groups -OCH3 is 1. The summed E-state index contributed by atoms with van der Waals surface area (Å²) < 4.78 is 34.1. The predicted octanol–water partition coefficient (Wildman–Crippen LogP) is 4.32. The van der Waals surface area contributed by atoms with Crippen LogP contribution in [0.3, 0.4) is 0 Å². The van der Waals surface area contributed by atoms with Crippen LogP contribution in [0, 0.1) is 13.8 Å². The number of sulfonamides is 1. The van der Waals surface area contributed by atoms with Crippen molar-refractivity contribution in [2.24, 2.45) is 0 Å². The minimum absolute atomic E-state index is 0.0453. The van der Waals surface area contributed by atoms with Crippen LogP contribution in [0.25, 0.3) is 0 Å². The molecule has 0 aliphatic carbocycles. The smallest absolute Gasteiger partial charge is 0.264 e. The van der Waals surface area contributed by atoms with E-state index < -0.39 is 28.5 Å². The van der Waals surface area contributed by atoms with Crippen molar-refractivity contribution in [2.75, 3.05) is 25.0 Å². The highest BCUT2D eigenvalue weighted by Crippen LogP contribution is 2.29. The summed E-state index contributed by atoms with van der Waals surface area (Å²) in [5.74, 6) is -0.325. The molecule has 0 saturated carbocycles. The maximum absolute atomic E-state index is 13.9. The van der Waals surface area contributed by atoms with E-state index in [0.29, 0.717) is 22.0 Å². The van der Waals surface area contributed by atoms with Gasteiger partial charge in [0.15, 0.2) is 0 Å². The van der Waals surface area contributed by atoms with Gasteiger partial charge in [-0.1, -0.05) is 41.4 Å². The van der Waals surface area contributed by atoms with Crippen molar-refractivity contribution >= 4 is 39.1 Å². The first-order chi connectivity index (χ1) is 18.0. The number of amides is 2. The Bertz CT molecular complexity index is 1410. The van der Waals surface area contributed by atoms with Crippen molar-refractivity contribution in [3.63, 3.8) is 0 Å². The van der Waals surface area contributed by atoms with Gasteiger partial charge in [-0.25, -0.2) is 8.42 Å². The van der Waals surface area contributed by atoms with E-state index in [1.54, 1.807) is 62.4 Å². The lowest BCUT2D eigenvalue weighted by Gasteiger charge is -2.32. The molecule has 3 aromatic carbocycles. The van der Waals surface area contributed by atoms with Gasteiger partial charge in [0.1, 0.15) is 18.3 Å². The van der Waals surface area contributed by atoms with Crippen molar-refractivity contribution in [3.05, 3.63) is 88.4 Å². The molecule has 1 N–H and O–H groups in total. The van der Waals surface area contributed by atoms with Gasteiger partial charge >= 0.3 is 0 Å². The Morgan fingerprint density at radius 2 is 1.71 bits per heavy atom. The van der Waals surface area contributed by atoms with Gasteiger partial charge in [-0.3, -0.25) is 13.9 Å². The molecular weight excluding hydrogens is 526 g/mol. The third-order valence-electron chi connectivity index (χ3n) is 6.22. The van der Waals surface area contributed by atoms with E-state index in [4.69, 9.17) is 16.3 Å². The number of nitrogens with zero attached hydrogens (tertiary/aromatic N) is 2. The summed E-state index contributed by atoms with van der Waals surface area (Å²) >= 11 is 6.14. The maximum Gasteiger partial charge on any atom is 0.264 e. The van der Waals surface area contributed by atoms with Gasteiger partial charge in [-0.15, -0.1) is 0 Å². The molecule has 0 aromatic heterocycles. The zero-order valence-electron chi connectivity index (χ0n) is 22.1. The zero-order valence-corrected chi connectivity index (χ0v) is 23.6. The molecule has 0 aliphatic heterocycles. The second-order valence-corrected chi connectivity index (χ2v) is 11.2. The first-order valence-corrected chi connectivity index (χ1v) is 13.8. The number of likely N-dealkylation sites (N-methyl/N-ethyl adjacent to an activating group) is 1. The number of rotatable bonds is 10. The summed E-state index contributed by atoms with van der Waals surface area (Å²) in [6.07, 6.45) is 0. The van der Waals surface area contributed by atoms with E-state index >= 15 is 0 Å². The van der Waals surface area contributed by atoms with Gasteiger partial charge in [-0.2, -0.15) is 0 Å². The number of hydrogen-bond donors (Lipinski definition) is 1. The Hall–Kier alpha value is -3.56. The molecule has 0 saturated heterocycles. The van der Waals surface area contributed by atoms with Gasteiger partial charge in [0.2, 0.25) is 11.8 Å². The number of ether oxygens (including phenoxy) is 1. The van der Waals surface area contributed by atoms with Crippen LogP contribution in [0.2, 0.25) is 5.02 Å². The highest BCUT2D eigenvalue weighted by atomic mass is 35.5. The first kappa shape index (κ1) is 29.0. The molecule has 8 nitrogen and oxygen atoms in total. The monoisotopic (exact) mass is 557 g/mol. The van der Waals surface area contributed by atoms with Crippen molar-refractivity contribution in [2.45, 2.75) is 38.3 Å². The normalized spacial score (nSPS) is 11.9. The van der Waals surface area contributed by atoms with E-state index in [9.17, 15) is 18.0 Å². The lowest BCUT2D eigenvalue weighted by molar-refractivity contribution is -0.139. The molecule has 10 heteroatoms. The molecule has 0 radical (unpaired) electrons. The van der Waals surface area contributed by atoms with Gasteiger partial charge in [0.05, 0.1) is 17.7 Å². The van der Waals surface area contributed by atoms with E-state index in [1.165, 1.54) is 31.2 Å². The Morgan fingerprint density at radius 1 is 1.03 bits per heavy atom. The summed E-state index contributed by atoms with van der Waals surface area (Å²) in [4.78, 5) is 27.8. The van der Waals surface area contributed by atoms with Crippen molar-refractivity contribution in [3.8, 4) is 5.75 Å². The molecule has 0 spiro atoms. The van der Waals surface area contributed by atoms with Crippen LogP contribution in [0.4, 0.5) is 5.69 Å². The number of aryl methyl sites for hydroxylation is 2. The van der Waals surface area contributed by atoms with Crippen LogP contribution in [0.15, 0.2) is 71.6 Å². The van der Waals surface area contributed by atoms with Crippen LogP contribution in [-0.4, -0.2) is 51.9 Å². The fourth-order valence-corrected chi connectivity index (χ4v) is 5.71. The average molecular weight is 558 g/mol. The molecule has 3 rings (SSSR count). The predicted molar refractivity (Wildman–Crippen MR) is 149 cm³/mol. The lowest BCUT2D eigenvalue weighted by Crippen LogP contribution is -2.50. The fraction of sp³-hybridized carbons (Fsp3) is 0.286. The fourth-order valence-electron chi connectivity index (χ4n) is 4.01. The van der Waals surface area contributed by atoms with Crippen molar-refractivity contribution < 1.29 is 22.7 Å². The second kappa shape index (κ2) is 12.3. The number of carbonyl (C=O) groups is 2. The molecular formula is C28H32ClN3O5S. The van der Waals surface area contributed by atoms with E-state index in [0.717, 1.165) is 15.4 Å². The summed E-state index contributed by atoms with van der Waals surface area (Å²) in [7, 11) is -1.12. The van der Waals surface area contributed by atoms with E-state index in [2.05, 4.69) is 5.32 Å². The quantitative estimate of drug-likeness (QED) is 0.400. The van der Waals surface area contributed by atoms with Crippen LogP contribution in [-0.2, 0) is 26.2 Å². The van der Waals surface area contributed by atoms with Gasteiger partial charge in [0, 0.05) is 18.6 Å². The topological polar surface area (TPSA) is 96.0 Å². The van der Waals surface area contributed by atoms with Gasteiger partial charge in [0.25, 0.3) is 10.0 Å². The molecule has 0 aliphatic rings. The van der Waals surface area contributed by atoms with Crippen LogP contribution < -0.4 is 14.4 Å². The van der Waals surface area contributed by atoms with Crippen molar-refractivity contribution in [1.82, 2.24) is 10.2 Å². The molecule has 1 atom stereocenters. The Balaban J connectivity index is 2.07. The van der Waals surface area contributed by atoms with Crippen LogP contribution >= 0.6 is 11.6 Å². The van der Waals surface area contributed by atoms with Crippen molar-refractivity contribution in [1.29, 1.82) is 0 Å². The summed E-state index contributed by atoms with van der Waals surface area (Å²) in [6, 6.07) is 17.5. The highest BCUT2D eigenvalue weighted by Gasteiger charge is 2.33. The number of carbonyl (C=O) groups excluding carboxylic acids is 2. The minimum atomic E-state index is -4.15. The van der Waals surface area contributed by atoms with Gasteiger partial charge < -0.3 is 15.0 Å². The largest absolute Gasteiger partial charge is 0.497 e.